The van der Waals surface area contributed by atoms with Gasteiger partial charge in [0.25, 0.3) is 5.91 Å². The van der Waals surface area contributed by atoms with Gasteiger partial charge in [-0.05, 0) is 25.1 Å². The second-order valence-electron chi connectivity index (χ2n) is 6.54. The van der Waals surface area contributed by atoms with Gasteiger partial charge in [-0.1, -0.05) is 29.8 Å². The lowest BCUT2D eigenvalue weighted by Crippen LogP contribution is -2.42. The minimum absolute atomic E-state index is 0.347. The molecule has 1 heterocycles. The summed E-state index contributed by atoms with van der Waals surface area (Å²) in [5.41, 5.74) is -0.449. The molecule has 4 amide bonds. The van der Waals surface area contributed by atoms with Crippen molar-refractivity contribution in [3.8, 4) is 11.5 Å². The van der Waals surface area contributed by atoms with Crippen LogP contribution in [0.5, 0.6) is 11.5 Å². The summed E-state index contributed by atoms with van der Waals surface area (Å²) in [7, 11) is 2.98. The molecule has 1 fully saturated rings. The van der Waals surface area contributed by atoms with E-state index in [1.807, 2.05) is 0 Å². The van der Waals surface area contributed by atoms with Crippen LogP contribution in [-0.4, -0.2) is 43.5 Å². The van der Waals surface area contributed by atoms with E-state index in [4.69, 9.17) is 21.1 Å². The van der Waals surface area contributed by atoms with Gasteiger partial charge in [0.2, 0.25) is 5.91 Å². The van der Waals surface area contributed by atoms with Crippen molar-refractivity contribution in [1.82, 2.24) is 10.2 Å². The van der Waals surface area contributed by atoms with Crippen molar-refractivity contribution in [2.45, 2.75) is 12.5 Å². The molecule has 1 aliphatic rings. The summed E-state index contributed by atoms with van der Waals surface area (Å²) in [5, 5.41) is 5.61. The van der Waals surface area contributed by atoms with Crippen LogP contribution in [0.15, 0.2) is 42.5 Å². The zero-order chi connectivity index (χ0) is 21.2. The molecular formula is C20H20ClN3O5. The lowest BCUT2D eigenvalue weighted by atomic mass is 9.92. The predicted octanol–water partition coefficient (Wildman–Crippen LogP) is 2.76. The topological polar surface area (TPSA) is 97.0 Å². The van der Waals surface area contributed by atoms with Crippen LogP contribution in [0, 0.1) is 0 Å². The third-order valence-corrected chi connectivity index (χ3v) is 4.99. The Kier molecular flexibility index (Phi) is 5.65. The van der Waals surface area contributed by atoms with Crippen molar-refractivity contribution in [3.05, 3.63) is 53.1 Å². The second-order valence-corrected chi connectivity index (χ2v) is 6.95. The molecule has 3 rings (SSSR count). The second kappa shape index (κ2) is 8.00. The van der Waals surface area contributed by atoms with Crippen LogP contribution in [0.3, 0.4) is 0 Å². The monoisotopic (exact) mass is 417 g/mol. The predicted molar refractivity (Wildman–Crippen MR) is 107 cm³/mol. The molecule has 1 aliphatic heterocycles. The Balaban J connectivity index is 1.75. The van der Waals surface area contributed by atoms with E-state index in [-0.39, 0.29) is 0 Å². The molecule has 0 saturated carbocycles. The van der Waals surface area contributed by atoms with E-state index in [0.29, 0.717) is 27.8 Å². The number of hydrogen-bond acceptors (Lipinski definition) is 5. The smallest absolute Gasteiger partial charge is 0.325 e. The molecular weight excluding hydrogens is 398 g/mol. The molecule has 9 heteroatoms. The number of carbonyl (C=O) groups excluding carboxylic acids is 3. The summed E-state index contributed by atoms with van der Waals surface area (Å²) in [6.07, 6.45) is 0. The van der Waals surface area contributed by atoms with Crippen LogP contribution in [0.2, 0.25) is 5.02 Å². The first-order valence-electron chi connectivity index (χ1n) is 8.71. The molecule has 8 nitrogen and oxygen atoms in total. The van der Waals surface area contributed by atoms with Crippen LogP contribution in [-0.2, 0) is 15.1 Å². The first-order chi connectivity index (χ1) is 13.8. The maximum atomic E-state index is 12.9. The maximum Gasteiger partial charge on any atom is 0.325 e. The van der Waals surface area contributed by atoms with Crippen molar-refractivity contribution < 1.29 is 23.9 Å². The Morgan fingerprint density at radius 2 is 1.83 bits per heavy atom. The summed E-state index contributed by atoms with van der Waals surface area (Å²) in [4.78, 5) is 38.6. The van der Waals surface area contributed by atoms with Gasteiger partial charge in [-0.2, -0.15) is 0 Å². The number of anilines is 1. The molecule has 2 N–H and O–H groups in total. The lowest BCUT2D eigenvalue weighted by Gasteiger charge is -2.23. The molecule has 0 aliphatic carbocycles. The van der Waals surface area contributed by atoms with Gasteiger partial charge in [-0.25, -0.2) is 4.79 Å². The minimum Gasteiger partial charge on any atom is -0.493 e. The van der Waals surface area contributed by atoms with Crippen LogP contribution in [0.25, 0.3) is 0 Å². The third-order valence-electron chi connectivity index (χ3n) is 4.66. The van der Waals surface area contributed by atoms with E-state index in [2.05, 4.69) is 10.6 Å². The van der Waals surface area contributed by atoms with E-state index >= 15 is 0 Å². The number of carbonyl (C=O) groups is 3. The average molecular weight is 418 g/mol. The van der Waals surface area contributed by atoms with Gasteiger partial charge in [0.05, 0.1) is 14.2 Å². The Labute approximate surface area is 172 Å². The largest absolute Gasteiger partial charge is 0.493 e. The fourth-order valence-corrected chi connectivity index (χ4v) is 3.47. The summed E-state index contributed by atoms with van der Waals surface area (Å²) < 4.78 is 10.3. The number of benzene rings is 2. The SMILES string of the molecule is COc1ccc(NC(=O)CN2C(=O)N[C@](C)(c3ccccc3Cl)C2=O)cc1OC. The number of ether oxygens (including phenoxy) is 2. The summed E-state index contributed by atoms with van der Waals surface area (Å²) >= 11 is 6.20. The normalized spacial score (nSPS) is 18.4. The van der Waals surface area contributed by atoms with Gasteiger partial charge >= 0.3 is 6.03 Å². The number of urea groups is 1. The molecule has 2 aromatic rings. The Morgan fingerprint density at radius 1 is 1.14 bits per heavy atom. The molecule has 1 atom stereocenters. The highest BCUT2D eigenvalue weighted by atomic mass is 35.5. The molecule has 0 radical (unpaired) electrons. The Bertz CT molecular complexity index is 980. The summed E-state index contributed by atoms with van der Waals surface area (Å²) in [5.74, 6) is -0.149. The number of halogens is 1. The molecule has 29 heavy (non-hydrogen) atoms. The van der Waals surface area contributed by atoms with E-state index < -0.39 is 29.9 Å². The van der Waals surface area contributed by atoms with Crippen molar-refractivity contribution in [2.24, 2.45) is 0 Å². The highest BCUT2D eigenvalue weighted by molar-refractivity contribution is 6.32. The number of nitrogens with one attached hydrogen (secondary N) is 2. The maximum absolute atomic E-state index is 12.9. The number of imide groups is 1. The van der Waals surface area contributed by atoms with Crippen LogP contribution >= 0.6 is 11.6 Å². The molecule has 0 unspecified atom stereocenters. The van der Waals surface area contributed by atoms with E-state index in [9.17, 15) is 14.4 Å². The number of nitrogens with zero attached hydrogens (tertiary/aromatic N) is 1. The van der Waals surface area contributed by atoms with E-state index in [0.717, 1.165) is 4.90 Å². The van der Waals surface area contributed by atoms with Crippen LogP contribution < -0.4 is 20.1 Å². The van der Waals surface area contributed by atoms with Crippen molar-refractivity contribution >= 4 is 35.1 Å². The molecule has 0 aromatic heterocycles. The zero-order valence-electron chi connectivity index (χ0n) is 16.1. The summed E-state index contributed by atoms with van der Waals surface area (Å²) in [6, 6.07) is 10.9. The van der Waals surface area contributed by atoms with Crippen molar-refractivity contribution in [1.29, 1.82) is 0 Å². The first kappa shape index (κ1) is 20.5. The minimum atomic E-state index is -1.35. The lowest BCUT2D eigenvalue weighted by molar-refractivity contribution is -0.133. The number of methoxy groups -OCH3 is 2. The quantitative estimate of drug-likeness (QED) is 0.704. The van der Waals surface area contributed by atoms with Gasteiger partial charge < -0.3 is 20.1 Å². The number of amides is 4. The molecule has 152 valence electrons. The van der Waals surface area contributed by atoms with Gasteiger partial charge in [-0.15, -0.1) is 0 Å². The molecule has 0 spiro atoms. The van der Waals surface area contributed by atoms with E-state index in [1.165, 1.54) is 14.2 Å². The average Bonchev–Trinajstić information content (AvgIpc) is 2.91. The fourth-order valence-electron chi connectivity index (χ4n) is 3.15. The van der Waals surface area contributed by atoms with E-state index in [1.54, 1.807) is 49.4 Å². The van der Waals surface area contributed by atoms with Gasteiger partial charge in [0.1, 0.15) is 12.1 Å². The Morgan fingerprint density at radius 3 is 2.48 bits per heavy atom. The summed E-state index contributed by atoms with van der Waals surface area (Å²) in [6.45, 7) is 1.11. The first-order valence-corrected chi connectivity index (χ1v) is 9.09. The zero-order valence-corrected chi connectivity index (χ0v) is 16.9. The highest BCUT2D eigenvalue weighted by Crippen LogP contribution is 2.33. The molecule has 0 bridgehead atoms. The van der Waals surface area contributed by atoms with Crippen LogP contribution in [0.4, 0.5) is 10.5 Å². The van der Waals surface area contributed by atoms with Gasteiger partial charge in [-0.3, -0.25) is 14.5 Å². The standard InChI is InChI=1S/C20H20ClN3O5/c1-20(13-6-4-5-7-14(13)21)18(26)24(19(27)23-20)11-17(25)22-12-8-9-15(28-2)16(10-12)29-3/h4-10H,11H2,1-3H3,(H,22,25)(H,23,27)/t20-/m1/s1. The fraction of sp³-hybridized carbons (Fsp3) is 0.250. The number of rotatable bonds is 6. The third kappa shape index (κ3) is 3.84. The van der Waals surface area contributed by atoms with Gasteiger partial charge in [0, 0.05) is 22.3 Å². The van der Waals surface area contributed by atoms with Crippen molar-refractivity contribution in [2.75, 3.05) is 26.1 Å². The molecule has 1 saturated heterocycles. The highest BCUT2D eigenvalue weighted by Gasteiger charge is 2.50. The Hall–Kier alpha value is -3.26. The number of hydrogen-bond donors (Lipinski definition) is 2. The molecule has 2 aromatic carbocycles. The van der Waals surface area contributed by atoms with Crippen LogP contribution in [0.1, 0.15) is 12.5 Å². The van der Waals surface area contributed by atoms with Gasteiger partial charge in [0.15, 0.2) is 11.5 Å². The van der Waals surface area contributed by atoms with Crippen molar-refractivity contribution in [3.63, 3.8) is 0 Å².